The minimum atomic E-state index is -1.51. The summed E-state index contributed by atoms with van der Waals surface area (Å²) in [6.07, 6.45) is 0. The van der Waals surface area contributed by atoms with Crippen molar-refractivity contribution in [2.45, 2.75) is 27.7 Å². The van der Waals surface area contributed by atoms with Gasteiger partial charge in [-0.05, 0) is 0 Å². The first kappa shape index (κ1) is 61.6. The summed E-state index contributed by atoms with van der Waals surface area (Å²) in [7, 11) is 0. The minimum absolute atomic E-state index is 0. The van der Waals surface area contributed by atoms with Crippen molar-refractivity contribution in [3.8, 4) is 0 Å². The van der Waals surface area contributed by atoms with Crippen LogP contribution in [0.4, 0.5) is 0 Å². The Morgan fingerprint density at radius 3 is 0.750 bits per heavy atom. The van der Waals surface area contributed by atoms with E-state index in [-0.39, 0.29) is 83.2 Å². The summed E-state index contributed by atoms with van der Waals surface area (Å²) in [4.78, 5) is 79.9. The number of carboxylic acid groups (broad SMARTS) is 8. The molecule has 0 unspecified atom stereocenters. The third kappa shape index (κ3) is 123. The molecule has 0 atom stereocenters. The summed E-state index contributed by atoms with van der Waals surface area (Å²) in [5.41, 5.74) is 0. The van der Waals surface area contributed by atoms with Gasteiger partial charge in [0.2, 0.25) is 0 Å². The Morgan fingerprint density at radius 2 is 0.625 bits per heavy atom. The van der Waals surface area contributed by atoms with Gasteiger partial charge in [-0.25, -0.2) is 0 Å². The number of aliphatic carboxylic acids is 8. The summed E-state index contributed by atoms with van der Waals surface area (Å²) in [6.45, 7) is 1.58. The summed E-state index contributed by atoms with van der Waals surface area (Å²) in [5.74, 6) is -8.85. The minimum Gasteiger partial charge on any atom is -0.549 e. The fraction of sp³-hybridized carbons (Fsp3) is 0.556. The monoisotopic (exact) mass is 612 g/mol. The Labute approximate surface area is 272 Å². The predicted molar refractivity (Wildman–Crippen MR) is 119 cm³/mol. The second-order valence-corrected chi connectivity index (χ2v) is 6.03. The first-order valence-electron chi connectivity index (χ1n) is 9.19. The molecule has 0 radical (unpaired) electrons. The third-order valence-electron chi connectivity index (χ3n) is 2.16. The van der Waals surface area contributed by atoms with Crippen molar-refractivity contribution in [1.82, 2.24) is 9.80 Å². The van der Waals surface area contributed by atoms with Gasteiger partial charge in [0.25, 0.3) is 23.9 Å². The first-order valence-corrected chi connectivity index (χ1v) is 9.19. The van der Waals surface area contributed by atoms with Crippen molar-refractivity contribution in [2.75, 3.05) is 39.3 Å². The van der Waals surface area contributed by atoms with E-state index in [1.165, 1.54) is 0 Å². The van der Waals surface area contributed by atoms with Gasteiger partial charge < -0.3 is 61.4 Å². The molecule has 0 saturated carbocycles. The zero-order chi connectivity index (χ0) is 30.0. The van der Waals surface area contributed by atoms with Crippen LogP contribution >= 0.6 is 0 Å². The van der Waals surface area contributed by atoms with Crippen molar-refractivity contribution in [3.63, 3.8) is 0 Å². The number of carbonyl (C=O) groups excluding carboxylic acids is 2. The van der Waals surface area contributed by atoms with Crippen LogP contribution in [-0.4, -0.2) is 138 Å². The maximum absolute atomic E-state index is 10.5. The molecule has 0 aliphatic carbocycles. The zero-order valence-electron chi connectivity index (χ0n) is 22.9. The van der Waals surface area contributed by atoms with E-state index >= 15 is 0 Å². The average Bonchev–Trinajstić information content (AvgIpc) is 2.55. The van der Waals surface area contributed by atoms with Crippen molar-refractivity contribution < 1.29 is 149 Å². The van der Waals surface area contributed by atoms with E-state index in [0.29, 0.717) is 0 Å². The Bertz CT molecular complexity index is 604. The van der Waals surface area contributed by atoms with Crippen LogP contribution in [-0.2, 0) is 38.4 Å². The van der Waals surface area contributed by atoms with Gasteiger partial charge in [-0.1, -0.05) is 0 Å². The van der Waals surface area contributed by atoms with E-state index in [4.69, 9.17) is 49.8 Å². The molecule has 0 rings (SSSR count). The van der Waals surface area contributed by atoms with E-state index in [1.54, 1.807) is 0 Å². The predicted octanol–water partition coefficient (Wildman–Crippen LogP) is -12.0. The van der Waals surface area contributed by atoms with Gasteiger partial charge in [-0.15, -0.1) is 0 Å². The Kier molecular flexibility index (Phi) is 63.2. The summed E-state index contributed by atoms with van der Waals surface area (Å²) in [5, 5.41) is 67.7. The maximum atomic E-state index is 10.5. The van der Waals surface area contributed by atoms with Gasteiger partial charge in [-0.3, -0.25) is 38.6 Å². The molecule has 0 aromatic carbocycles. The molecule has 10 N–H and O–H groups in total. The number of rotatable bonds is 11. The molecule has 0 aliphatic heterocycles. The van der Waals surface area contributed by atoms with Crippen LogP contribution in [0.5, 0.6) is 0 Å². The van der Waals surface area contributed by atoms with Crippen LogP contribution in [0.15, 0.2) is 0 Å². The smallest absolute Gasteiger partial charge is 0.549 e. The molecule has 0 spiro atoms. The molecule has 0 bridgehead atoms. The average molecular weight is 612 g/mol. The standard InChI is InChI=1S/C10H16N2O8.4C2H4O2.2Na.2H2O/c13-7(14)3-11(4-8(15)16)1-2-12(5-9(17)18)6-10(19)20;4*1-2(3)4;;;;/h1-6H2,(H,13,14)(H,15,16)(H,17,18)(H,19,20);4*1H3,(H,3,4);;;2*1H2/q;;;;;2*+1;;/p-2. The maximum Gasteiger partial charge on any atom is 1.00 e. The molecular formula is C18H34N2Na2O18. The molecule has 0 heterocycles. The second-order valence-electron chi connectivity index (χ2n) is 6.03. The van der Waals surface area contributed by atoms with E-state index in [9.17, 15) is 29.4 Å². The second kappa shape index (κ2) is 41.1. The van der Waals surface area contributed by atoms with E-state index in [1.807, 2.05) is 0 Å². The quantitative estimate of drug-likeness (QED) is 0.118. The van der Waals surface area contributed by atoms with Gasteiger partial charge in [0.05, 0.1) is 25.0 Å². The first-order chi connectivity index (χ1) is 16.1. The Balaban J connectivity index is -0.0000000568. The molecule has 0 amide bonds. The fourth-order valence-corrected chi connectivity index (χ4v) is 1.46. The number of nitrogens with zero attached hydrogens (tertiary/aromatic N) is 2. The van der Waals surface area contributed by atoms with Crippen molar-refractivity contribution in [1.29, 1.82) is 0 Å². The number of hydrogen-bond acceptors (Lipinski definition) is 12. The van der Waals surface area contributed by atoms with Crippen LogP contribution in [0.3, 0.4) is 0 Å². The van der Waals surface area contributed by atoms with Crippen LogP contribution in [0.1, 0.15) is 27.7 Å². The Morgan fingerprint density at radius 1 is 0.475 bits per heavy atom. The molecule has 0 aliphatic rings. The SMILES string of the molecule is CC(=O)O.CC(=O)O.CC(=O)O.CC(=O)O.O.O.O=C([O-])CN(CCN(CC(=O)O)CC(=O)O)CC(=O)[O-].[Na+].[Na+]. The molecular weight excluding hydrogens is 578 g/mol. The molecule has 0 aromatic rings. The van der Waals surface area contributed by atoms with Crippen molar-refractivity contribution in [2.24, 2.45) is 0 Å². The summed E-state index contributed by atoms with van der Waals surface area (Å²) in [6, 6.07) is 0. The van der Waals surface area contributed by atoms with Gasteiger partial charge in [0.1, 0.15) is 0 Å². The number of hydrogen-bond donors (Lipinski definition) is 6. The van der Waals surface area contributed by atoms with E-state index < -0.39 is 73.9 Å². The van der Waals surface area contributed by atoms with E-state index in [2.05, 4.69) is 0 Å². The van der Waals surface area contributed by atoms with Crippen LogP contribution in [0, 0.1) is 0 Å². The molecule has 0 aromatic heterocycles. The van der Waals surface area contributed by atoms with Gasteiger partial charge in [-0.2, -0.15) is 0 Å². The molecule has 22 heteroatoms. The fourth-order valence-electron chi connectivity index (χ4n) is 1.46. The van der Waals surface area contributed by atoms with Crippen molar-refractivity contribution in [3.05, 3.63) is 0 Å². The molecule has 226 valence electrons. The number of carbonyl (C=O) groups is 8. The van der Waals surface area contributed by atoms with Gasteiger partial charge >= 0.3 is 71.1 Å². The topological polar surface area (TPSA) is 374 Å². The molecule has 20 nitrogen and oxygen atoms in total. The van der Waals surface area contributed by atoms with Crippen molar-refractivity contribution >= 4 is 47.8 Å². The van der Waals surface area contributed by atoms with Crippen LogP contribution in [0.2, 0.25) is 0 Å². The zero-order valence-corrected chi connectivity index (χ0v) is 26.9. The van der Waals surface area contributed by atoms with Crippen LogP contribution in [0.25, 0.3) is 0 Å². The molecule has 0 fully saturated rings. The largest absolute Gasteiger partial charge is 1.00 e. The van der Waals surface area contributed by atoms with Crippen LogP contribution < -0.4 is 69.3 Å². The van der Waals surface area contributed by atoms with E-state index in [0.717, 1.165) is 37.5 Å². The normalized spacial score (nSPS) is 7.85. The Hall–Kier alpha value is -2.40. The summed E-state index contributed by atoms with van der Waals surface area (Å²) >= 11 is 0. The third-order valence-corrected chi connectivity index (χ3v) is 2.16. The summed E-state index contributed by atoms with van der Waals surface area (Å²) < 4.78 is 0. The van der Waals surface area contributed by atoms with Gasteiger partial charge in [0.15, 0.2) is 0 Å². The van der Waals surface area contributed by atoms with Gasteiger partial charge in [0, 0.05) is 53.9 Å². The molecule has 40 heavy (non-hydrogen) atoms. The molecule has 0 saturated heterocycles. The number of carboxylic acids is 8.